The number of furan rings is 1. The number of nitrogens with zero attached hydrogens (tertiary/aromatic N) is 3. The van der Waals surface area contributed by atoms with Crippen molar-refractivity contribution in [1.29, 1.82) is 0 Å². The SMILES string of the molecule is Cn1nnc(Br)c1C(O)c1cc2cccc(Br)c2o1. The summed E-state index contributed by atoms with van der Waals surface area (Å²) >= 11 is 6.69. The molecule has 3 aromatic rings. The minimum atomic E-state index is -0.923. The van der Waals surface area contributed by atoms with Crippen molar-refractivity contribution in [2.24, 2.45) is 7.05 Å². The Morgan fingerprint density at radius 2 is 2.16 bits per heavy atom. The molecule has 1 atom stereocenters. The molecule has 0 aliphatic heterocycles. The fourth-order valence-electron chi connectivity index (χ4n) is 1.95. The zero-order chi connectivity index (χ0) is 13.6. The Morgan fingerprint density at radius 1 is 1.37 bits per heavy atom. The number of benzene rings is 1. The fourth-order valence-corrected chi connectivity index (χ4v) is 2.95. The number of aliphatic hydroxyl groups is 1. The first-order valence-corrected chi connectivity index (χ1v) is 7.07. The van der Waals surface area contributed by atoms with Crippen LogP contribution in [0.15, 0.2) is 37.8 Å². The maximum Gasteiger partial charge on any atom is 0.156 e. The van der Waals surface area contributed by atoms with E-state index in [0.29, 0.717) is 21.6 Å². The van der Waals surface area contributed by atoms with E-state index >= 15 is 0 Å². The van der Waals surface area contributed by atoms with Crippen molar-refractivity contribution >= 4 is 42.8 Å². The van der Waals surface area contributed by atoms with Crippen LogP contribution in [0.4, 0.5) is 0 Å². The molecule has 0 saturated heterocycles. The summed E-state index contributed by atoms with van der Waals surface area (Å²) in [6.45, 7) is 0. The lowest BCUT2D eigenvalue weighted by molar-refractivity contribution is 0.182. The van der Waals surface area contributed by atoms with Gasteiger partial charge in [-0.25, -0.2) is 4.68 Å². The minimum Gasteiger partial charge on any atom is -0.457 e. The van der Waals surface area contributed by atoms with E-state index in [0.717, 1.165) is 9.86 Å². The monoisotopic (exact) mass is 385 g/mol. The van der Waals surface area contributed by atoms with Gasteiger partial charge in [-0.3, -0.25) is 0 Å². The lowest BCUT2D eigenvalue weighted by atomic mass is 10.2. The molecule has 2 heterocycles. The summed E-state index contributed by atoms with van der Waals surface area (Å²) in [5.41, 5.74) is 1.26. The summed E-state index contributed by atoms with van der Waals surface area (Å²) in [5.74, 6) is 0.452. The van der Waals surface area contributed by atoms with E-state index in [1.807, 2.05) is 24.3 Å². The van der Waals surface area contributed by atoms with Gasteiger partial charge >= 0.3 is 0 Å². The molecule has 0 fully saturated rings. The Balaban J connectivity index is 2.12. The van der Waals surface area contributed by atoms with Crippen molar-refractivity contribution in [3.05, 3.63) is 44.8 Å². The molecule has 0 spiro atoms. The van der Waals surface area contributed by atoms with Crippen molar-refractivity contribution < 1.29 is 9.52 Å². The van der Waals surface area contributed by atoms with Crippen LogP contribution in [-0.2, 0) is 7.05 Å². The van der Waals surface area contributed by atoms with Crippen LogP contribution in [0.25, 0.3) is 11.0 Å². The summed E-state index contributed by atoms with van der Waals surface area (Å²) in [6.07, 6.45) is -0.923. The van der Waals surface area contributed by atoms with Gasteiger partial charge in [0.15, 0.2) is 10.7 Å². The van der Waals surface area contributed by atoms with Crippen LogP contribution >= 0.6 is 31.9 Å². The van der Waals surface area contributed by atoms with Crippen molar-refractivity contribution in [2.45, 2.75) is 6.10 Å². The lowest BCUT2D eigenvalue weighted by Crippen LogP contribution is -2.06. The Bertz CT molecular complexity index is 731. The molecule has 1 N–H and O–H groups in total. The van der Waals surface area contributed by atoms with Gasteiger partial charge in [0.25, 0.3) is 0 Å². The molecule has 2 aromatic heterocycles. The second kappa shape index (κ2) is 4.73. The number of hydrogen-bond acceptors (Lipinski definition) is 4. The second-order valence-corrected chi connectivity index (χ2v) is 5.70. The van der Waals surface area contributed by atoms with Crippen molar-refractivity contribution in [3.8, 4) is 0 Å². The van der Waals surface area contributed by atoms with E-state index in [2.05, 4.69) is 42.2 Å². The molecule has 0 aliphatic carbocycles. The first kappa shape index (κ1) is 12.8. The smallest absolute Gasteiger partial charge is 0.156 e. The van der Waals surface area contributed by atoms with E-state index in [1.165, 1.54) is 4.68 Å². The van der Waals surface area contributed by atoms with E-state index in [9.17, 15) is 5.11 Å². The molecule has 0 radical (unpaired) electrons. The van der Waals surface area contributed by atoms with E-state index in [1.54, 1.807) is 7.05 Å². The predicted octanol–water partition coefficient (Wildman–Crippen LogP) is 3.17. The number of aliphatic hydroxyl groups excluding tert-OH is 1. The van der Waals surface area contributed by atoms with Gasteiger partial charge in [0.05, 0.1) is 4.47 Å². The zero-order valence-electron chi connectivity index (χ0n) is 9.84. The number of para-hydroxylation sites is 1. The molecule has 98 valence electrons. The molecule has 0 amide bonds. The fraction of sp³-hybridized carbons (Fsp3) is 0.167. The van der Waals surface area contributed by atoms with E-state index in [4.69, 9.17) is 4.42 Å². The standard InChI is InChI=1S/C12H9Br2N3O2/c1-17-9(12(14)15-16-17)10(18)8-5-6-3-2-4-7(13)11(6)19-8/h2-5,10,18H,1H3. The average Bonchev–Trinajstić information content (AvgIpc) is 2.94. The first-order chi connectivity index (χ1) is 9.08. The highest BCUT2D eigenvalue weighted by Gasteiger charge is 2.23. The highest BCUT2D eigenvalue weighted by molar-refractivity contribution is 9.10. The summed E-state index contributed by atoms with van der Waals surface area (Å²) < 4.78 is 8.57. The quantitative estimate of drug-likeness (QED) is 0.734. The number of aromatic nitrogens is 3. The Morgan fingerprint density at radius 3 is 2.79 bits per heavy atom. The maximum atomic E-state index is 10.4. The molecule has 3 rings (SSSR count). The zero-order valence-corrected chi connectivity index (χ0v) is 13.0. The van der Waals surface area contributed by atoms with Crippen LogP contribution in [0, 0.1) is 0 Å². The third-order valence-corrected chi connectivity index (χ3v) is 4.06. The highest BCUT2D eigenvalue weighted by atomic mass is 79.9. The summed E-state index contributed by atoms with van der Waals surface area (Å²) in [5, 5.41) is 19.0. The summed E-state index contributed by atoms with van der Waals surface area (Å²) in [4.78, 5) is 0. The molecular weight excluding hydrogens is 378 g/mol. The number of aryl methyl sites for hydroxylation is 1. The topological polar surface area (TPSA) is 64.1 Å². The largest absolute Gasteiger partial charge is 0.457 e. The third kappa shape index (κ3) is 2.11. The van der Waals surface area contributed by atoms with Crippen LogP contribution in [0.2, 0.25) is 0 Å². The number of hydrogen-bond donors (Lipinski definition) is 1. The Labute approximate surface area is 125 Å². The second-order valence-electron chi connectivity index (χ2n) is 4.10. The lowest BCUT2D eigenvalue weighted by Gasteiger charge is -2.07. The molecule has 19 heavy (non-hydrogen) atoms. The van der Waals surface area contributed by atoms with Gasteiger partial charge < -0.3 is 9.52 Å². The molecule has 1 unspecified atom stereocenters. The van der Waals surface area contributed by atoms with Gasteiger partial charge in [-0.05, 0) is 44.0 Å². The molecular formula is C12H9Br2N3O2. The summed E-state index contributed by atoms with van der Waals surface area (Å²) in [6, 6.07) is 7.55. The van der Waals surface area contributed by atoms with E-state index < -0.39 is 6.10 Å². The molecule has 0 aliphatic rings. The Hall–Kier alpha value is -1.18. The number of fused-ring (bicyclic) bond motifs is 1. The molecule has 7 heteroatoms. The first-order valence-electron chi connectivity index (χ1n) is 5.49. The minimum absolute atomic E-state index is 0.452. The van der Waals surface area contributed by atoms with Gasteiger partial charge in [-0.15, -0.1) is 5.10 Å². The van der Waals surface area contributed by atoms with Crippen molar-refractivity contribution in [3.63, 3.8) is 0 Å². The van der Waals surface area contributed by atoms with Crippen LogP contribution in [0.5, 0.6) is 0 Å². The number of halogens is 2. The predicted molar refractivity (Wildman–Crippen MR) is 76.7 cm³/mol. The van der Waals surface area contributed by atoms with Crippen LogP contribution in [0.3, 0.4) is 0 Å². The van der Waals surface area contributed by atoms with Gasteiger partial charge in [-0.2, -0.15) is 0 Å². The van der Waals surface area contributed by atoms with E-state index in [-0.39, 0.29) is 0 Å². The van der Waals surface area contributed by atoms with Crippen molar-refractivity contribution in [1.82, 2.24) is 15.0 Å². The van der Waals surface area contributed by atoms with Crippen LogP contribution in [0.1, 0.15) is 17.6 Å². The van der Waals surface area contributed by atoms with Crippen molar-refractivity contribution in [2.75, 3.05) is 0 Å². The van der Waals surface area contributed by atoms with Gasteiger partial charge in [0.1, 0.15) is 17.0 Å². The molecule has 1 aromatic carbocycles. The molecule has 5 nitrogen and oxygen atoms in total. The molecule has 0 saturated carbocycles. The van der Waals surface area contributed by atoms with Crippen LogP contribution < -0.4 is 0 Å². The average molecular weight is 387 g/mol. The van der Waals surface area contributed by atoms with Gasteiger partial charge in [-0.1, -0.05) is 17.3 Å². The maximum absolute atomic E-state index is 10.4. The normalized spacial score (nSPS) is 13.1. The summed E-state index contributed by atoms with van der Waals surface area (Å²) in [7, 11) is 1.72. The highest BCUT2D eigenvalue weighted by Crippen LogP contribution is 2.33. The van der Waals surface area contributed by atoms with Crippen LogP contribution in [-0.4, -0.2) is 20.1 Å². The van der Waals surface area contributed by atoms with Gasteiger partial charge in [0.2, 0.25) is 0 Å². The van der Waals surface area contributed by atoms with Gasteiger partial charge in [0, 0.05) is 12.4 Å². The third-order valence-electron chi connectivity index (χ3n) is 2.87. The Kier molecular flexibility index (Phi) is 3.20. The molecule has 0 bridgehead atoms. The number of rotatable bonds is 2.